The van der Waals surface area contributed by atoms with Crippen molar-refractivity contribution in [3.05, 3.63) is 24.5 Å². The lowest BCUT2D eigenvalue weighted by Gasteiger charge is -2.23. The molecule has 0 spiro atoms. The topological polar surface area (TPSA) is 69.9 Å². The van der Waals surface area contributed by atoms with Gasteiger partial charge in [-0.05, 0) is 32.4 Å². The zero-order valence-electron chi connectivity index (χ0n) is 12.0. The summed E-state index contributed by atoms with van der Waals surface area (Å²) in [6, 6.07) is 3.58. The van der Waals surface area contributed by atoms with Crippen molar-refractivity contribution in [2.45, 2.75) is 27.2 Å². The summed E-state index contributed by atoms with van der Waals surface area (Å²) in [6.45, 7) is 5.48. The average molecular weight is 280 g/mol. The standard InChI is InChI=1S/C14H20N2O4/c1-4-14(12(17)19-5-2,13(18)20-6-3)11-15-16-9-7-8-10-16/h7-11H,4-6H2,1-3H3/b15-11+. The number of ether oxygens (including phenoxy) is 2. The number of esters is 2. The van der Waals surface area contributed by atoms with Crippen LogP contribution in [-0.2, 0) is 19.1 Å². The van der Waals surface area contributed by atoms with Crippen LogP contribution >= 0.6 is 0 Å². The van der Waals surface area contributed by atoms with Gasteiger partial charge in [-0.1, -0.05) is 6.92 Å². The van der Waals surface area contributed by atoms with Crippen molar-refractivity contribution in [1.82, 2.24) is 4.68 Å². The molecule has 20 heavy (non-hydrogen) atoms. The third-order valence-electron chi connectivity index (χ3n) is 2.84. The van der Waals surface area contributed by atoms with E-state index < -0.39 is 17.4 Å². The highest BCUT2D eigenvalue weighted by atomic mass is 16.6. The van der Waals surface area contributed by atoms with Crippen molar-refractivity contribution in [2.75, 3.05) is 13.2 Å². The Kier molecular flexibility index (Phi) is 5.96. The third kappa shape index (κ3) is 3.46. The summed E-state index contributed by atoms with van der Waals surface area (Å²) in [6.07, 6.45) is 4.92. The Hall–Kier alpha value is -2.11. The Bertz CT molecular complexity index is 448. The van der Waals surface area contributed by atoms with E-state index in [0.29, 0.717) is 0 Å². The number of nitrogens with zero attached hydrogens (tertiary/aromatic N) is 2. The number of aromatic nitrogens is 1. The largest absolute Gasteiger partial charge is 0.465 e. The molecule has 1 rings (SSSR count). The first kappa shape index (κ1) is 15.9. The predicted molar refractivity (Wildman–Crippen MR) is 74.3 cm³/mol. The molecule has 0 bridgehead atoms. The van der Waals surface area contributed by atoms with Gasteiger partial charge >= 0.3 is 11.9 Å². The van der Waals surface area contributed by atoms with E-state index in [1.54, 1.807) is 45.3 Å². The summed E-state index contributed by atoms with van der Waals surface area (Å²) in [5.41, 5.74) is -1.50. The molecule has 0 fully saturated rings. The molecule has 6 nitrogen and oxygen atoms in total. The number of hydrogen-bond acceptors (Lipinski definition) is 5. The lowest BCUT2D eigenvalue weighted by molar-refractivity contribution is -0.166. The van der Waals surface area contributed by atoms with Crippen molar-refractivity contribution >= 4 is 18.2 Å². The van der Waals surface area contributed by atoms with E-state index in [-0.39, 0.29) is 19.6 Å². The fourth-order valence-corrected chi connectivity index (χ4v) is 1.66. The molecule has 0 radical (unpaired) electrons. The molecular weight excluding hydrogens is 260 g/mol. The Labute approximate surface area is 118 Å². The Balaban J connectivity index is 3.09. The number of rotatable bonds is 7. The predicted octanol–water partition coefficient (Wildman–Crippen LogP) is 1.84. The zero-order chi connectivity index (χ0) is 15.0. The zero-order valence-corrected chi connectivity index (χ0v) is 12.0. The van der Waals surface area contributed by atoms with Crippen LogP contribution in [0.1, 0.15) is 27.2 Å². The minimum Gasteiger partial charge on any atom is -0.465 e. The second-order valence-corrected chi connectivity index (χ2v) is 4.07. The van der Waals surface area contributed by atoms with Gasteiger partial charge in [0.1, 0.15) is 0 Å². The Morgan fingerprint density at radius 1 is 1.10 bits per heavy atom. The van der Waals surface area contributed by atoms with Crippen LogP contribution in [0.15, 0.2) is 29.6 Å². The van der Waals surface area contributed by atoms with Gasteiger partial charge in [-0.15, -0.1) is 0 Å². The summed E-state index contributed by atoms with van der Waals surface area (Å²) in [5, 5.41) is 4.11. The Morgan fingerprint density at radius 2 is 1.60 bits per heavy atom. The number of hydrogen-bond donors (Lipinski definition) is 0. The van der Waals surface area contributed by atoms with Gasteiger partial charge in [0.05, 0.1) is 19.4 Å². The highest BCUT2D eigenvalue weighted by molar-refractivity contribution is 6.14. The molecular formula is C14H20N2O4. The number of carbonyl (C=O) groups is 2. The summed E-state index contributed by atoms with van der Waals surface area (Å²) in [7, 11) is 0. The molecule has 0 saturated carbocycles. The molecule has 0 aliphatic carbocycles. The summed E-state index contributed by atoms with van der Waals surface area (Å²) < 4.78 is 11.5. The van der Waals surface area contributed by atoms with Gasteiger partial charge in [-0.3, -0.25) is 9.59 Å². The quantitative estimate of drug-likeness (QED) is 0.434. The summed E-state index contributed by atoms with van der Waals surface area (Å²) in [5.74, 6) is -1.28. The minimum absolute atomic E-state index is 0.192. The van der Waals surface area contributed by atoms with Crippen LogP contribution in [0.4, 0.5) is 0 Å². The maximum atomic E-state index is 12.1. The van der Waals surface area contributed by atoms with Crippen LogP contribution in [0, 0.1) is 5.41 Å². The monoisotopic (exact) mass is 280 g/mol. The maximum Gasteiger partial charge on any atom is 0.329 e. The fourth-order valence-electron chi connectivity index (χ4n) is 1.66. The molecule has 1 aromatic heterocycles. The second-order valence-electron chi connectivity index (χ2n) is 4.07. The molecule has 6 heteroatoms. The molecule has 0 saturated heterocycles. The van der Waals surface area contributed by atoms with Crippen LogP contribution < -0.4 is 0 Å². The SMILES string of the molecule is CCOC(=O)C(/C=N/n1cccc1)(CC)C(=O)OCC. The molecule has 0 aromatic carbocycles. The second kappa shape index (κ2) is 7.47. The lowest BCUT2D eigenvalue weighted by atomic mass is 9.86. The fraction of sp³-hybridized carbons (Fsp3) is 0.500. The van der Waals surface area contributed by atoms with E-state index in [9.17, 15) is 9.59 Å². The van der Waals surface area contributed by atoms with E-state index in [4.69, 9.17) is 9.47 Å². The first-order valence-electron chi connectivity index (χ1n) is 6.63. The summed E-state index contributed by atoms with van der Waals surface area (Å²) >= 11 is 0. The van der Waals surface area contributed by atoms with E-state index in [0.717, 1.165) is 0 Å². The molecule has 1 aromatic rings. The average Bonchev–Trinajstić information content (AvgIpc) is 2.94. The molecule has 0 atom stereocenters. The first-order valence-corrected chi connectivity index (χ1v) is 6.63. The van der Waals surface area contributed by atoms with Crippen LogP contribution in [0.2, 0.25) is 0 Å². The van der Waals surface area contributed by atoms with E-state index in [1.165, 1.54) is 10.9 Å². The molecule has 0 unspecified atom stereocenters. The first-order chi connectivity index (χ1) is 9.60. The van der Waals surface area contributed by atoms with Crippen molar-refractivity contribution < 1.29 is 19.1 Å². The van der Waals surface area contributed by atoms with Crippen molar-refractivity contribution in [2.24, 2.45) is 10.5 Å². The van der Waals surface area contributed by atoms with Crippen molar-refractivity contribution in [3.8, 4) is 0 Å². The van der Waals surface area contributed by atoms with E-state index in [2.05, 4.69) is 5.10 Å². The van der Waals surface area contributed by atoms with Crippen molar-refractivity contribution in [1.29, 1.82) is 0 Å². The number of carbonyl (C=O) groups excluding carboxylic acids is 2. The van der Waals surface area contributed by atoms with Gasteiger partial charge in [-0.25, -0.2) is 4.68 Å². The molecule has 0 aliphatic heterocycles. The van der Waals surface area contributed by atoms with Crippen LogP contribution in [0.5, 0.6) is 0 Å². The lowest BCUT2D eigenvalue weighted by Crippen LogP contribution is -2.43. The third-order valence-corrected chi connectivity index (χ3v) is 2.84. The minimum atomic E-state index is -1.50. The van der Waals surface area contributed by atoms with Gasteiger partial charge < -0.3 is 9.47 Å². The highest BCUT2D eigenvalue weighted by Crippen LogP contribution is 2.24. The van der Waals surface area contributed by atoms with E-state index in [1.807, 2.05) is 0 Å². The Morgan fingerprint density at radius 3 is 2.00 bits per heavy atom. The van der Waals surface area contributed by atoms with Crippen LogP contribution in [0.25, 0.3) is 0 Å². The van der Waals surface area contributed by atoms with Gasteiger partial charge in [-0.2, -0.15) is 5.10 Å². The van der Waals surface area contributed by atoms with E-state index >= 15 is 0 Å². The van der Waals surface area contributed by atoms with Gasteiger partial charge in [0.2, 0.25) is 5.41 Å². The molecule has 0 N–H and O–H groups in total. The van der Waals surface area contributed by atoms with Crippen molar-refractivity contribution in [3.63, 3.8) is 0 Å². The smallest absolute Gasteiger partial charge is 0.329 e. The van der Waals surface area contributed by atoms with Gasteiger partial charge in [0.15, 0.2) is 0 Å². The maximum absolute atomic E-state index is 12.1. The highest BCUT2D eigenvalue weighted by Gasteiger charge is 2.46. The molecule has 0 aliphatic rings. The van der Waals surface area contributed by atoms with Gasteiger partial charge in [0.25, 0.3) is 0 Å². The summed E-state index contributed by atoms with van der Waals surface area (Å²) in [4.78, 5) is 24.3. The normalized spacial score (nSPS) is 11.6. The molecule has 0 amide bonds. The van der Waals surface area contributed by atoms with Gasteiger partial charge in [0, 0.05) is 12.4 Å². The van der Waals surface area contributed by atoms with Crippen LogP contribution in [0.3, 0.4) is 0 Å². The van der Waals surface area contributed by atoms with Crippen LogP contribution in [-0.4, -0.2) is 36.0 Å². The molecule has 110 valence electrons. The molecule has 1 heterocycles.